The van der Waals surface area contributed by atoms with Crippen LogP contribution >= 0.6 is 0 Å². The molecule has 2 aromatic rings. The normalized spacial score (nSPS) is 15.0. The van der Waals surface area contributed by atoms with E-state index in [0.29, 0.717) is 28.3 Å². The summed E-state index contributed by atoms with van der Waals surface area (Å²) in [6, 6.07) is 12.6. The van der Waals surface area contributed by atoms with E-state index in [1.165, 1.54) is 37.5 Å². The molecule has 0 bridgehead atoms. The quantitative estimate of drug-likeness (QED) is 0.749. The molecule has 0 saturated carbocycles. The van der Waals surface area contributed by atoms with E-state index in [-0.39, 0.29) is 11.4 Å². The van der Waals surface area contributed by atoms with E-state index < -0.39 is 15.9 Å². The molecule has 2 aromatic carbocycles. The van der Waals surface area contributed by atoms with Gasteiger partial charge in [0.05, 0.1) is 26.5 Å². The third kappa shape index (κ3) is 3.55. The highest BCUT2D eigenvalue weighted by molar-refractivity contribution is 7.97. The van der Waals surface area contributed by atoms with Crippen molar-refractivity contribution in [3.63, 3.8) is 0 Å². The van der Waals surface area contributed by atoms with Crippen molar-refractivity contribution in [3.05, 3.63) is 58.5 Å². The highest BCUT2D eigenvalue weighted by Gasteiger charge is 2.40. The maximum absolute atomic E-state index is 13.5. The second-order valence-corrected chi connectivity index (χ2v) is 8.67. The number of carbonyl (C=O) groups is 1. The molecule has 154 valence electrons. The molecule has 0 N–H and O–H groups in total. The number of hydrogen-bond donors (Lipinski definition) is 0. The summed E-state index contributed by atoms with van der Waals surface area (Å²) in [5.74, 6) is 0.303. The first-order valence-electron chi connectivity index (χ1n) is 8.98. The Kier molecular flexibility index (Phi) is 5.57. The summed E-state index contributed by atoms with van der Waals surface area (Å²) in [6.45, 7) is 1.72. The Balaban J connectivity index is 2.31. The Morgan fingerprint density at radius 2 is 1.62 bits per heavy atom. The summed E-state index contributed by atoms with van der Waals surface area (Å²) in [6.07, 6.45) is 0. The minimum atomic E-state index is -4.09. The van der Waals surface area contributed by atoms with Crippen LogP contribution in [0.1, 0.15) is 18.1 Å². The number of nitrogens with zero attached hydrogens (tertiary/aromatic N) is 2. The highest BCUT2D eigenvalue weighted by Crippen LogP contribution is 2.45. The van der Waals surface area contributed by atoms with E-state index >= 15 is 0 Å². The Morgan fingerprint density at radius 1 is 1.03 bits per heavy atom. The van der Waals surface area contributed by atoms with Gasteiger partial charge in [0.15, 0.2) is 16.4 Å². The zero-order valence-corrected chi connectivity index (χ0v) is 17.9. The van der Waals surface area contributed by atoms with E-state index in [0.717, 1.165) is 5.56 Å². The fraction of sp³-hybridized carbons (Fsp3) is 0.286. The van der Waals surface area contributed by atoms with E-state index in [2.05, 4.69) is 0 Å². The number of methoxy groups -OCH3 is 2. The predicted octanol–water partition coefficient (Wildman–Crippen LogP) is 2.87. The van der Waals surface area contributed by atoms with Crippen LogP contribution in [0.3, 0.4) is 0 Å². The first-order valence-corrected chi connectivity index (χ1v) is 10.4. The summed E-state index contributed by atoms with van der Waals surface area (Å²) < 4.78 is 39.1. The number of ether oxygens (including phenoxy) is 2. The van der Waals surface area contributed by atoms with Gasteiger partial charge in [-0.15, -0.1) is 0 Å². The molecular weight excluding hydrogens is 392 g/mol. The van der Waals surface area contributed by atoms with E-state index in [1.54, 1.807) is 19.1 Å². The summed E-state index contributed by atoms with van der Waals surface area (Å²) in [4.78, 5) is 13.8. The zero-order valence-electron chi connectivity index (χ0n) is 17.1. The van der Waals surface area contributed by atoms with Crippen molar-refractivity contribution >= 4 is 27.2 Å². The molecule has 0 aromatic heterocycles. The van der Waals surface area contributed by atoms with Crippen molar-refractivity contribution in [3.8, 4) is 11.5 Å². The molecule has 1 heterocycles. The number of allylic oxidation sites excluding steroid dienone is 1. The summed E-state index contributed by atoms with van der Waals surface area (Å²) in [5.41, 5.74) is 2.23. The van der Waals surface area contributed by atoms with E-state index in [4.69, 9.17) is 9.47 Å². The molecule has 1 aliphatic heterocycles. The monoisotopic (exact) mass is 416 g/mol. The van der Waals surface area contributed by atoms with Crippen LogP contribution in [0.5, 0.6) is 11.5 Å². The van der Waals surface area contributed by atoms with Gasteiger partial charge in [-0.3, -0.25) is 9.10 Å². The van der Waals surface area contributed by atoms with Crippen LogP contribution in [0.2, 0.25) is 0 Å². The van der Waals surface area contributed by atoms with Crippen LogP contribution in [0.15, 0.2) is 47.4 Å². The van der Waals surface area contributed by atoms with Gasteiger partial charge in [-0.1, -0.05) is 30.3 Å². The lowest BCUT2D eigenvalue weighted by Gasteiger charge is -2.33. The van der Waals surface area contributed by atoms with E-state index in [9.17, 15) is 13.2 Å². The molecule has 0 unspecified atom stereocenters. The molecule has 0 spiro atoms. The number of benzene rings is 2. The first kappa shape index (κ1) is 20.7. The number of carbonyl (C=O) groups excluding carboxylic acids is 1. The number of fused-ring (bicyclic) bond motifs is 1. The molecule has 8 heteroatoms. The molecule has 1 amide bonds. The average Bonchev–Trinajstić information content (AvgIpc) is 2.70. The van der Waals surface area contributed by atoms with Crippen molar-refractivity contribution in [1.29, 1.82) is 0 Å². The number of rotatable bonds is 5. The number of anilines is 1. The van der Waals surface area contributed by atoms with Gasteiger partial charge in [0.25, 0.3) is 15.9 Å². The van der Waals surface area contributed by atoms with Crippen LogP contribution in [0.25, 0.3) is 5.57 Å². The molecular formula is C21H24N2O5S. The number of hydrogen-bond acceptors (Lipinski definition) is 5. The SMILES string of the molecule is COc1cc2c(cc1OC)N(Cc1ccccc1)S(=O)(=O)C(C(=O)N(C)C)=C2C. The van der Waals surface area contributed by atoms with Gasteiger partial charge in [-0.25, -0.2) is 8.42 Å². The van der Waals surface area contributed by atoms with Crippen LogP contribution in [-0.4, -0.2) is 47.5 Å². The van der Waals surface area contributed by atoms with Crippen LogP contribution in [0, 0.1) is 0 Å². The molecule has 29 heavy (non-hydrogen) atoms. The molecule has 0 aliphatic carbocycles. The topological polar surface area (TPSA) is 76.1 Å². The molecule has 7 nitrogen and oxygen atoms in total. The van der Waals surface area contributed by atoms with Gasteiger partial charge in [-0.05, 0) is 24.1 Å². The standard InChI is InChI=1S/C21H24N2O5S/c1-14-16-11-18(27-4)19(28-5)12-17(16)23(13-15-9-7-6-8-10-15)29(25,26)20(14)21(24)22(2)3/h6-12H,13H2,1-5H3. The van der Waals surface area contributed by atoms with Gasteiger partial charge in [0.2, 0.25) is 0 Å². The summed E-state index contributed by atoms with van der Waals surface area (Å²) >= 11 is 0. The van der Waals surface area contributed by atoms with Crippen LogP contribution in [0.4, 0.5) is 5.69 Å². The second-order valence-electron chi connectivity index (χ2n) is 6.88. The van der Waals surface area contributed by atoms with Crippen molar-refractivity contribution in [2.24, 2.45) is 0 Å². The Morgan fingerprint density at radius 3 is 2.17 bits per heavy atom. The Bertz CT molecular complexity index is 1080. The Hall–Kier alpha value is -3.00. The smallest absolute Gasteiger partial charge is 0.270 e. The third-order valence-corrected chi connectivity index (χ3v) is 6.74. The van der Waals surface area contributed by atoms with Crippen molar-refractivity contribution < 1.29 is 22.7 Å². The number of amides is 1. The predicted molar refractivity (Wildman–Crippen MR) is 112 cm³/mol. The number of likely N-dealkylation sites (N-methyl/N-ethyl adjacent to an activating group) is 1. The maximum Gasteiger partial charge on any atom is 0.270 e. The third-order valence-electron chi connectivity index (χ3n) is 4.83. The van der Waals surface area contributed by atoms with E-state index in [1.807, 2.05) is 30.3 Å². The fourth-order valence-corrected chi connectivity index (χ4v) is 5.17. The molecule has 0 radical (unpaired) electrons. The van der Waals surface area contributed by atoms with Gasteiger partial charge in [-0.2, -0.15) is 0 Å². The summed E-state index contributed by atoms with van der Waals surface area (Å²) in [7, 11) is 1.98. The van der Waals surface area contributed by atoms with Gasteiger partial charge in [0.1, 0.15) is 0 Å². The zero-order chi connectivity index (χ0) is 21.3. The lowest BCUT2D eigenvalue weighted by Crippen LogP contribution is -2.40. The van der Waals surface area contributed by atoms with Gasteiger partial charge < -0.3 is 14.4 Å². The minimum absolute atomic E-state index is 0.0865. The largest absolute Gasteiger partial charge is 0.493 e. The van der Waals surface area contributed by atoms with Crippen molar-refractivity contribution in [2.75, 3.05) is 32.6 Å². The summed E-state index contributed by atoms with van der Waals surface area (Å²) in [5, 5.41) is 0. The molecule has 3 rings (SSSR count). The van der Waals surface area contributed by atoms with Crippen molar-refractivity contribution in [1.82, 2.24) is 4.90 Å². The molecule has 0 atom stereocenters. The highest BCUT2D eigenvalue weighted by atomic mass is 32.2. The van der Waals surface area contributed by atoms with Crippen LogP contribution in [-0.2, 0) is 21.4 Å². The second kappa shape index (κ2) is 7.79. The van der Waals surface area contributed by atoms with Crippen molar-refractivity contribution in [2.45, 2.75) is 13.5 Å². The Labute approximate surface area is 171 Å². The average molecular weight is 416 g/mol. The van der Waals surface area contributed by atoms with Crippen LogP contribution < -0.4 is 13.8 Å². The lowest BCUT2D eigenvalue weighted by atomic mass is 10.0. The van der Waals surface area contributed by atoms with Gasteiger partial charge in [0, 0.05) is 25.7 Å². The minimum Gasteiger partial charge on any atom is -0.493 e. The number of sulfonamides is 1. The maximum atomic E-state index is 13.5. The first-order chi connectivity index (χ1) is 13.7. The van der Waals surface area contributed by atoms with Gasteiger partial charge >= 0.3 is 0 Å². The molecule has 0 saturated heterocycles. The molecule has 0 fully saturated rings. The fourth-order valence-electron chi connectivity index (χ4n) is 3.32. The molecule has 1 aliphatic rings. The lowest BCUT2D eigenvalue weighted by molar-refractivity contribution is -0.123.